The van der Waals surface area contributed by atoms with Crippen LogP contribution in [0, 0.1) is 0 Å². The molecule has 0 aromatic carbocycles. The van der Waals surface area contributed by atoms with Crippen LogP contribution in [0.4, 0.5) is 4.79 Å². The normalized spacial score (nSPS) is 24.7. The highest BCUT2D eigenvalue weighted by Crippen LogP contribution is 2.10. The number of hydrogen-bond acceptors (Lipinski definition) is 2. The van der Waals surface area contributed by atoms with E-state index in [0.717, 1.165) is 19.4 Å². The molecule has 1 atom stereocenters. The fourth-order valence-electron chi connectivity index (χ4n) is 0.999. The van der Waals surface area contributed by atoms with Crippen LogP contribution in [-0.4, -0.2) is 23.2 Å². The van der Waals surface area contributed by atoms with Crippen LogP contribution in [0.15, 0.2) is 0 Å². The summed E-state index contributed by atoms with van der Waals surface area (Å²) in [5.74, 6) is 0. The fourth-order valence-corrected chi connectivity index (χ4v) is 1.22. The van der Waals surface area contributed by atoms with Crippen LogP contribution in [-0.2, 0) is 4.74 Å². The van der Waals surface area contributed by atoms with Gasteiger partial charge in [0.15, 0.2) is 0 Å². The van der Waals surface area contributed by atoms with Crippen molar-refractivity contribution in [1.29, 1.82) is 0 Å². The Kier molecular flexibility index (Phi) is 3.41. The number of carbonyl (C=O) groups is 1. The number of nitrogens with one attached hydrogen (secondary N) is 1. The molecular formula is C6H10INO2. The van der Waals surface area contributed by atoms with Crippen LogP contribution in [0.1, 0.15) is 12.8 Å². The van der Waals surface area contributed by atoms with Gasteiger partial charge in [0, 0.05) is 35.7 Å². The molecule has 1 rings (SSSR count). The monoisotopic (exact) mass is 255 g/mol. The topological polar surface area (TPSA) is 38.3 Å². The third-order valence-electron chi connectivity index (χ3n) is 1.49. The molecule has 58 valence electrons. The highest BCUT2D eigenvalue weighted by Gasteiger charge is 2.14. The van der Waals surface area contributed by atoms with Gasteiger partial charge >= 0.3 is 0 Å². The average Bonchev–Trinajstić information content (AvgIpc) is 2.34. The Morgan fingerprint density at radius 3 is 3.10 bits per heavy atom. The van der Waals surface area contributed by atoms with Crippen LogP contribution >= 0.6 is 22.6 Å². The van der Waals surface area contributed by atoms with E-state index >= 15 is 0 Å². The Bertz CT molecular complexity index is 123. The maximum Gasteiger partial charge on any atom is 0.280 e. The SMILES string of the molecule is O=C(I)NCC1CCCO1. The lowest BCUT2D eigenvalue weighted by atomic mass is 10.2. The van der Waals surface area contributed by atoms with Crippen LogP contribution in [0.3, 0.4) is 0 Å². The summed E-state index contributed by atoms with van der Waals surface area (Å²) in [7, 11) is 0. The van der Waals surface area contributed by atoms with Crippen molar-refractivity contribution < 1.29 is 9.53 Å². The van der Waals surface area contributed by atoms with Crippen LogP contribution in [0.2, 0.25) is 0 Å². The molecule has 0 saturated carbocycles. The van der Waals surface area contributed by atoms with E-state index in [1.165, 1.54) is 0 Å². The van der Waals surface area contributed by atoms with E-state index < -0.39 is 0 Å². The molecule has 3 nitrogen and oxygen atoms in total. The quantitative estimate of drug-likeness (QED) is 0.459. The fraction of sp³-hybridized carbons (Fsp3) is 0.833. The summed E-state index contributed by atoms with van der Waals surface area (Å²) >= 11 is 1.72. The van der Waals surface area contributed by atoms with E-state index in [2.05, 4.69) is 5.32 Å². The van der Waals surface area contributed by atoms with Crippen LogP contribution < -0.4 is 5.32 Å². The van der Waals surface area contributed by atoms with Crippen LogP contribution in [0.5, 0.6) is 0 Å². The lowest BCUT2D eigenvalue weighted by molar-refractivity contribution is 0.112. The predicted octanol–water partition coefficient (Wildman–Crippen LogP) is 1.31. The number of rotatable bonds is 2. The summed E-state index contributed by atoms with van der Waals surface area (Å²) in [6.45, 7) is 1.52. The molecule has 1 amide bonds. The molecule has 1 heterocycles. The van der Waals surface area contributed by atoms with Gasteiger partial charge in [-0.25, -0.2) is 0 Å². The maximum atomic E-state index is 10.4. The van der Waals surface area contributed by atoms with Gasteiger partial charge in [-0.05, 0) is 12.8 Å². The van der Waals surface area contributed by atoms with E-state index in [-0.39, 0.29) is 10.0 Å². The molecule has 0 bridgehead atoms. The highest BCUT2D eigenvalue weighted by atomic mass is 127. The van der Waals surface area contributed by atoms with Crippen molar-refractivity contribution in [2.45, 2.75) is 18.9 Å². The first-order chi connectivity index (χ1) is 4.79. The van der Waals surface area contributed by atoms with Gasteiger partial charge in [-0.1, -0.05) is 0 Å². The molecule has 0 aromatic rings. The molecule has 1 saturated heterocycles. The average molecular weight is 255 g/mol. The lowest BCUT2D eigenvalue weighted by Crippen LogP contribution is -2.27. The molecule has 1 unspecified atom stereocenters. The largest absolute Gasteiger partial charge is 0.376 e. The third-order valence-corrected chi connectivity index (χ3v) is 1.87. The van der Waals surface area contributed by atoms with Crippen molar-refractivity contribution in [3.05, 3.63) is 0 Å². The summed E-state index contributed by atoms with van der Waals surface area (Å²) in [6.07, 6.45) is 2.47. The Morgan fingerprint density at radius 1 is 1.80 bits per heavy atom. The van der Waals surface area contributed by atoms with Gasteiger partial charge < -0.3 is 10.1 Å². The van der Waals surface area contributed by atoms with Gasteiger partial charge in [-0.2, -0.15) is 0 Å². The smallest absolute Gasteiger partial charge is 0.280 e. The third kappa shape index (κ3) is 2.83. The van der Waals surface area contributed by atoms with Gasteiger partial charge in [0.1, 0.15) is 0 Å². The van der Waals surface area contributed by atoms with Gasteiger partial charge in [0.2, 0.25) is 0 Å². The van der Waals surface area contributed by atoms with Crippen molar-refractivity contribution in [2.75, 3.05) is 13.2 Å². The summed E-state index contributed by atoms with van der Waals surface area (Å²) in [6, 6.07) is 0. The van der Waals surface area contributed by atoms with E-state index in [4.69, 9.17) is 4.74 Å². The molecule has 0 aromatic heterocycles. The number of ether oxygens (including phenoxy) is 1. The zero-order valence-electron chi connectivity index (χ0n) is 5.60. The minimum absolute atomic E-state index is 0.00639. The van der Waals surface area contributed by atoms with Gasteiger partial charge in [-0.3, -0.25) is 4.79 Å². The molecule has 1 fully saturated rings. The van der Waals surface area contributed by atoms with Crippen molar-refractivity contribution in [3.63, 3.8) is 0 Å². The van der Waals surface area contributed by atoms with Crippen LogP contribution in [0.25, 0.3) is 0 Å². The summed E-state index contributed by atoms with van der Waals surface area (Å²) < 4.78 is 5.28. The number of amides is 1. The van der Waals surface area contributed by atoms with Gasteiger partial charge in [0.25, 0.3) is 3.91 Å². The predicted molar refractivity (Wildman–Crippen MR) is 46.4 cm³/mol. The Morgan fingerprint density at radius 2 is 2.60 bits per heavy atom. The maximum absolute atomic E-state index is 10.4. The van der Waals surface area contributed by atoms with Gasteiger partial charge in [0.05, 0.1) is 6.10 Å². The summed E-state index contributed by atoms with van der Waals surface area (Å²) in [5.41, 5.74) is 0. The molecule has 0 aliphatic carbocycles. The van der Waals surface area contributed by atoms with Crippen molar-refractivity contribution in [1.82, 2.24) is 5.32 Å². The molecule has 0 spiro atoms. The van der Waals surface area contributed by atoms with E-state index in [1.807, 2.05) is 0 Å². The molecule has 1 aliphatic heterocycles. The second-order valence-corrected chi connectivity index (χ2v) is 3.27. The van der Waals surface area contributed by atoms with E-state index in [1.54, 1.807) is 22.6 Å². The Hall–Kier alpha value is 0.160. The number of halogens is 1. The number of carbonyl (C=O) groups excluding carboxylic acids is 1. The summed E-state index contributed by atoms with van der Waals surface area (Å²) in [5, 5.41) is 2.71. The van der Waals surface area contributed by atoms with Gasteiger partial charge in [-0.15, -0.1) is 0 Å². The zero-order valence-corrected chi connectivity index (χ0v) is 7.76. The number of hydrogen-bond donors (Lipinski definition) is 1. The molecule has 1 N–H and O–H groups in total. The molecule has 1 aliphatic rings. The van der Waals surface area contributed by atoms with E-state index in [9.17, 15) is 4.79 Å². The second kappa shape index (κ2) is 4.12. The minimum Gasteiger partial charge on any atom is -0.376 e. The second-order valence-electron chi connectivity index (χ2n) is 2.29. The summed E-state index contributed by atoms with van der Waals surface area (Å²) in [4.78, 5) is 10.4. The first kappa shape index (κ1) is 8.26. The lowest BCUT2D eigenvalue weighted by Gasteiger charge is -2.07. The first-order valence-corrected chi connectivity index (χ1v) is 4.42. The van der Waals surface area contributed by atoms with Crippen molar-refractivity contribution >= 4 is 26.5 Å². The van der Waals surface area contributed by atoms with E-state index in [0.29, 0.717) is 6.54 Å². The first-order valence-electron chi connectivity index (χ1n) is 3.34. The van der Waals surface area contributed by atoms with Crippen molar-refractivity contribution in [3.8, 4) is 0 Å². The standard InChI is InChI=1S/C6H10INO2/c7-6(9)8-4-5-2-1-3-10-5/h5H,1-4H2,(H,8,9). The minimum atomic E-state index is -0.00639. The molecule has 0 radical (unpaired) electrons. The van der Waals surface area contributed by atoms with Crippen molar-refractivity contribution in [2.24, 2.45) is 0 Å². The molecular weight excluding hydrogens is 245 g/mol. The zero-order chi connectivity index (χ0) is 7.40. The molecule has 10 heavy (non-hydrogen) atoms. The highest BCUT2D eigenvalue weighted by molar-refractivity contribution is 14.1. The molecule has 4 heteroatoms. The Labute approximate surface area is 73.6 Å². The Balaban J connectivity index is 2.07.